The van der Waals surface area contributed by atoms with Crippen molar-refractivity contribution in [3.8, 4) is 0 Å². The summed E-state index contributed by atoms with van der Waals surface area (Å²) in [6.07, 6.45) is 0. The van der Waals surface area contributed by atoms with Gasteiger partial charge in [0.15, 0.2) is 5.43 Å². The summed E-state index contributed by atoms with van der Waals surface area (Å²) in [5, 5.41) is 11.9. The molecular formula is C24H14BrClN2O5. The molecule has 33 heavy (non-hydrogen) atoms. The first kappa shape index (κ1) is 21.4. The van der Waals surface area contributed by atoms with Gasteiger partial charge in [-0.25, -0.2) is 0 Å². The van der Waals surface area contributed by atoms with Crippen LogP contribution in [0.1, 0.15) is 33.3 Å². The van der Waals surface area contributed by atoms with Gasteiger partial charge in [0.1, 0.15) is 5.58 Å². The second-order valence-electron chi connectivity index (χ2n) is 7.67. The molecule has 1 aliphatic heterocycles. The number of fused-ring (bicyclic) bond motifs is 2. The molecule has 1 aromatic heterocycles. The van der Waals surface area contributed by atoms with Gasteiger partial charge in [0.2, 0.25) is 5.76 Å². The van der Waals surface area contributed by atoms with Gasteiger partial charge in [-0.15, -0.1) is 0 Å². The van der Waals surface area contributed by atoms with Gasteiger partial charge in [-0.3, -0.25) is 24.6 Å². The fourth-order valence-corrected chi connectivity index (χ4v) is 4.57. The Bertz CT molecular complexity index is 1530. The zero-order valence-corrected chi connectivity index (χ0v) is 19.4. The summed E-state index contributed by atoms with van der Waals surface area (Å²) in [5.74, 6) is -0.551. The SMILES string of the molecule is Cc1ccc(N2C(=O)c3oc4ccc(Br)cc4c(=O)c3C2c2ccc([N+](=O)[O-])cc2)cc1Cl. The van der Waals surface area contributed by atoms with Crippen LogP contribution in [-0.4, -0.2) is 10.8 Å². The van der Waals surface area contributed by atoms with Gasteiger partial charge in [-0.1, -0.05) is 33.6 Å². The van der Waals surface area contributed by atoms with E-state index in [1.165, 1.54) is 17.0 Å². The van der Waals surface area contributed by atoms with E-state index >= 15 is 0 Å². The van der Waals surface area contributed by atoms with Crippen LogP contribution in [0.2, 0.25) is 5.02 Å². The summed E-state index contributed by atoms with van der Waals surface area (Å²) in [5.41, 5.74) is 1.88. The maximum absolute atomic E-state index is 13.6. The molecule has 0 radical (unpaired) electrons. The minimum Gasteiger partial charge on any atom is -0.450 e. The number of hydrogen-bond donors (Lipinski definition) is 0. The molecule has 0 saturated carbocycles. The number of benzene rings is 3. The number of amides is 1. The van der Waals surface area contributed by atoms with Crippen LogP contribution >= 0.6 is 27.5 Å². The van der Waals surface area contributed by atoms with Crippen molar-refractivity contribution in [2.75, 3.05) is 4.90 Å². The highest BCUT2D eigenvalue weighted by Gasteiger charge is 2.43. The van der Waals surface area contributed by atoms with E-state index in [9.17, 15) is 19.7 Å². The van der Waals surface area contributed by atoms with E-state index < -0.39 is 16.9 Å². The van der Waals surface area contributed by atoms with Crippen molar-refractivity contribution in [2.45, 2.75) is 13.0 Å². The second kappa shape index (κ2) is 7.83. The van der Waals surface area contributed by atoms with Gasteiger partial charge in [0.25, 0.3) is 11.6 Å². The minimum atomic E-state index is -0.841. The van der Waals surface area contributed by atoms with E-state index in [1.54, 1.807) is 48.5 Å². The number of hydrogen-bond acceptors (Lipinski definition) is 5. The Hall–Kier alpha value is -3.49. The molecule has 0 aliphatic carbocycles. The van der Waals surface area contributed by atoms with Crippen molar-refractivity contribution in [3.63, 3.8) is 0 Å². The number of carbonyl (C=O) groups is 1. The number of non-ortho nitro benzene ring substituents is 1. The first-order chi connectivity index (χ1) is 15.8. The maximum atomic E-state index is 13.6. The third kappa shape index (κ3) is 3.42. The highest BCUT2D eigenvalue weighted by atomic mass is 79.9. The average Bonchev–Trinajstić information content (AvgIpc) is 3.09. The van der Waals surface area contributed by atoms with Crippen molar-refractivity contribution < 1.29 is 14.1 Å². The lowest BCUT2D eigenvalue weighted by molar-refractivity contribution is -0.384. The molecule has 1 atom stereocenters. The van der Waals surface area contributed by atoms with Crippen LogP contribution in [0.25, 0.3) is 11.0 Å². The van der Waals surface area contributed by atoms with Gasteiger partial charge in [-0.05, 0) is 60.5 Å². The van der Waals surface area contributed by atoms with E-state index in [0.29, 0.717) is 31.7 Å². The summed E-state index contributed by atoms with van der Waals surface area (Å²) in [6, 6.07) is 15.1. The molecule has 0 bridgehead atoms. The normalized spacial score (nSPS) is 15.2. The van der Waals surface area contributed by atoms with E-state index in [2.05, 4.69) is 15.9 Å². The molecular weight excluding hydrogens is 512 g/mol. The van der Waals surface area contributed by atoms with Crippen molar-refractivity contribution in [1.82, 2.24) is 0 Å². The third-order valence-corrected chi connectivity index (χ3v) is 6.59. The number of halogens is 2. The van der Waals surface area contributed by atoms with Crippen LogP contribution in [0.15, 0.2) is 74.3 Å². The Morgan fingerprint density at radius 3 is 2.45 bits per heavy atom. The quantitative estimate of drug-likeness (QED) is 0.235. The molecule has 3 aromatic carbocycles. The monoisotopic (exact) mass is 524 g/mol. The molecule has 164 valence electrons. The lowest BCUT2D eigenvalue weighted by Gasteiger charge is -2.25. The van der Waals surface area contributed by atoms with Crippen molar-refractivity contribution in [1.29, 1.82) is 0 Å². The van der Waals surface area contributed by atoms with Crippen molar-refractivity contribution in [2.24, 2.45) is 0 Å². The zero-order chi connectivity index (χ0) is 23.4. The minimum absolute atomic E-state index is 0.0603. The molecule has 2 heterocycles. The average molecular weight is 526 g/mol. The fraction of sp³-hybridized carbons (Fsp3) is 0.0833. The third-order valence-electron chi connectivity index (χ3n) is 5.69. The van der Waals surface area contributed by atoms with Crippen molar-refractivity contribution in [3.05, 3.63) is 113 Å². The second-order valence-corrected chi connectivity index (χ2v) is 9.00. The highest BCUT2D eigenvalue weighted by Crippen LogP contribution is 2.42. The Kier molecular flexibility index (Phi) is 5.07. The van der Waals surface area contributed by atoms with Crippen LogP contribution in [0.3, 0.4) is 0 Å². The molecule has 1 unspecified atom stereocenters. The van der Waals surface area contributed by atoms with E-state index in [-0.39, 0.29) is 22.4 Å². The van der Waals surface area contributed by atoms with Crippen LogP contribution in [0.4, 0.5) is 11.4 Å². The molecule has 0 saturated heterocycles. The molecule has 0 N–H and O–H groups in total. The zero-order valence-electron chi connectivity index (χ0n) is 17.0. The Balaban J connectivity index is 1.79. The van der Waals surface area contributed by atoms with Crippen molar-refractivity contribution >= 4 is 55.8 Å². The van der Waals surface area contributed by atoms with Gasteiger partial charge in [0.05, 0.1) is 21.9 Å². The Morgan fingerprint density at radius 2 is 1.79 bits per heavy atom. The number of nitrogens with zero attached hydrogens (tertiary/aromatic N) is 2. The highest BCUT2D eigenvalue weighted by molar-refractivity contribution is 9.10. The summed E-state index contributed by atoms with van der Waals surface area (Å²) in [4.78, 5) is 39.2. The standard InChI is InChI=1S/C24H14BrClN2O5/c1-12-2-6-16(11-18(12)26)27-21(13-3-7-15(8-4-13)28(31)32)20-22(29)17-10-14(25)5-9-19(17)33-23(20)24(27)30/h2-11,21H,1H3. The summed E-state index contributed by atoms with van der Waals surface area (Å²) in [7, 11) is 0. The molecule has 0 spiro atoms. The molecule has 4 aromatic rings. The van der Waals surface area contributed by atoms with Gasteiger partial charge < -0.3 is 4.42 Å². The van der Waals surface area contributed by atoms with Crippen LogP contribution in [0.5, 0.6) is 0 Å². The Morgan fingerprint density at radius 1 is 1.06 bits per heavy atom. The first-order valence-corrected chi connectivity index (χ1v) is 11.0. The predicted octanol–water partition coefficient (Wildman–Crippen LogP) is 6.18. The number of nitro benzene ring substituents is 1. The molecule has 1 aliphatic rings. The van der Waals surface area contributed by atoms with Crippen LogP contribution in [0, 0.1) is 17.0 Å². The van der Waals surface area contributed by atoms with E-state index in [4.69, 9.17) is 16.0 Å². The molecule has 5 rings (SSSR count). The van der Waals surface area contributed by atoms with Crippen LogP contribution < -0.4 is 10.3 Å². The molecule has 9 heteroatoms. The predicted molar refractivity (Wildman–Crippen MR) is 128 cm³/mol. The van der Waals surface area contributed by atoms with Gasteiger partial charge >= 0.3 is 0 Å². The lowest BCUT2D eigenvalue weighted by atomic mass is 9.98. The largest absolute Gasteiger partial charge is 0.450 e. The number of carbonyl (C=O) groups excluding carboxylic acids is 1. The fourth-order valence-electron chi connectivity index (χ4n) is 4.04. The maximum Gasteiger partial charge on any atom is 0.295 e. The van der Waals surface area contributed by atoms with Gasteiger partial charge in [0, 0.05) is 27.3 Å². The van der Waals surface area contributed by atoms with E-state index in [1.807, 2.05) is 6.92 Å². The Labute approximate surface area is 200 Å². The van der Waals surface area contributed by atoms with E-state index in [0.717, 1.165) is 5.56 Å². The molecule has 0 fully saturated rings. The summed E-state index contributed by atoms with van der Waals surface area (Å²) < 4.78 is 6.61. The number of nitro groups is 1. The van der Waals surface area contributed by atoms with Crippen LogP contribution in [-0.2, 0) is 0 Å². The summed E-state index contributed by atoms with van der Waals surface area (Å²) >= 11 is 9.70. The lowest BCUT2D eigenvalue weighted by Crippen LogP contribution is -2.29. The first-order valence-electron chi connectivity index (χ1n) is 9.86. The smallest absolute Gasteiger partial charge is 0.295 e. The number of aryl methyl sites for hydroxylation is 1. The molecule has 7 nitrogen and oxygen atoms in total. The summed E-state index contributed by atoms with van der Waals surface area (Å²) in [6.45, 7) is 1.84. The topological polar surface area (TPSA) is 93.7 Å². The number of anilines is 1. The van der Waals surface area contributed by atoms with Gasteiger partial charge in [-0.2, -0.15) is 0 Å². The molecule has 1 amide bonds. The number of rotatable bonds is 3.